The molecular weight excluding hydrogens is 206 g/mol. The molecule has 0 bridgehead atoms. The quantitative estimate of drug-likeness (QED) is 0.731. The Morgan fingerprint density at radius 2 is 1.85 bits per heavy atom. The third-order valence-electron chi connectivity index (χ3n) is 1.50. The molecule has 0 fully saturated rings. The number of rotatable bonds is 3. The highest BCUT2D eigenvalue weighted by atomic mass is 31.2. The molecule has 0 heterocycles. The highest BCUT2D eigenvalue weighted by Crippen LogP contribution is 2.48. The first-order chi connectivity index (χ1) is 6.02. The number of benzene rings is 1. The summed E-state index contributed by atoms with van der Waals surface area (Å²) in [5.41, 5.74) is 0. The molecule has 0 aromatic heterocycles. The van der Waals surface area contributed by atoms with E-state index in [4.69, 9.17) is 4.31 Å². The zero-order chi connectivity index (χ0) is 9.90. The van der Waals surface area contributed by atoms with Crippen molar-refractivity contribution in [2.45, 2.75) is 0 Å². The van der Waals surface area contributed by atoms with E-state index in [1.54, 1.807) is 24.3 Å². The van der Waals surface area contributed by atoms with Crippen LogP contribution in [-0.4, -0.2) is 13.3 Å². The van der Waals surface area contributed by atoms with Crippen molar-refractivity contribution in [2.24, 2.45) is 0 Å². The van der Waals surface area contributed by atoms with Gasteiger partial charge >= 0.3 is 8.03 Å². The molecule has 0 radical (unpaired) electrons. The molecule has 0 N–H and O–H groups in total. The van der Waals surface area contributed by atoms with E-state index in [2.05, 4.69) is 0 Å². The van der Waals surface area contributed by atoms with E-state index in [0.29, 0.717) is 5.30 Å². The Hall–Kier alpha value is -0.490. The molecule has 0 aliphatic heterocycles. The normalized spacial score (nSPS) is 16.3. The molecule has 1 aromatic carbocycles. The van der Waals surface area contributed by atoms with Crippen LogP contribution in [0.4, 0.5) is 0 Å². The fraction of sp³-hybridized carbons (Fsp3) is 0.250. The fourth-order valence-corrected chi connectivity index (χ4v) is 3.81. The molecule has 70 valence electrons. The molecule has 0 amide bonds. The van der Waals surface area contributed by atoms with Gasteiger partial charge in [0, 0.05) is 12.0 Å². The maximum atomic E-state index is 11.8. The molecule has 0 aliphatic carbocycles. The fourth-order valence-electron chi connectivity index (χ4n) is 0.965. The molecule has 0 saturated heterocycles. The molecule has 3 nitrogen and oxygen atoms in total. The van der Waals surface area contributed by atoms with Gasteiger partial charge in [0.15, 0.2) is 6.66 Å². The van der Waals surface area contributed by atoms with E-state index in [1.165, 1.54) is 13.3 Å². The van der Waals surface area contributed by atoms with Crippen molar-refractivity contribution in [3.63, 3.8) is 0 Å². The minimum Gasteiger partial charge on any atom is -0.283 e. The Morgan fingerprint density at radius 3 is 2.31 bits per heavy atom. The average molecular weight is 217 g/mol. The Balaban J connectivity index is 2.95. The van der Waals surface area contributed by atoms with Crippen molar-refractivity contribution in [1.82, 2.24) is 0 Å². The van der Waals surface area contributed by atoms with Gasteiger partial charge in [-0.25, -0.2) is 0 Å². The predicted octanol–water partition coefficient (Wildman–Crippen LogP) is 2.61. The highest BCUT2D eigenvalue weighted by molar-refractivity contribution is 7.71. The molecule has 5 heteroatoms. The Kier molecular flexibility index (Phi) is 3.38. The van der Waals surface area contributed by atoms with Gasteiger partial charge in [-0.3, -0.25) is 4.57 Å². The molecule has 1 aromatic rings. The van der Waals surface area contributed by atoms with Crippen LogP contribution in [0, 0.1) is 0 Å². The maximum Gasteiger partial charge on any atom is 0.511 e. The minimum absolute atomic E-state index is 0.597. The largest absolute Gasteiger partial charge is 0.511 e. The molecule has 0 saturated carbocycles. The SMILES string of the molecule is C[P+](=O)OP(C)(=O)c1ccccc1. The second-order valence-electron chi connectivity index (χ2n) is 2.70. The molecule has 1 rings (SSSR count). The van der Waals surface area contributed by atoms with Crippen molar-refractivity contribution in [3.05, 3.63) is 30.3 Å². The van der Waals surface area contributed by atoms with Crippen LogP contribution in [0.2, 0.25) is 0 Å². The first kappa shape index (κ1) is 10.6. The van der Waals surface area contributed by atoms with Crippen LogP contribution in [-0.2, 0) is 13.4 Å². The van der Waals surface area contributed by atoms with Gasteiger partial charge in [-0.2, -0.15) is 0 Å². The van der Waals surface area contributed by atoms with Crippen LogP contribution < -0.4 is 5.30 Å². The summed E-state index contributed by atoms with van der Waals surface area (Å²) in [6.45, 7) is 2.87. The highest BCUT2D eigenvalue weighted by Gasteiger charge is 2.28. The van der Waals surface area contributed by atoms with Crippen molar-refractivity contribution in [1.29, 1.82) is 0 Å². The number of hydrogen-bond acceptors (Lipinski definition) is 3. The molecule has 0 spiro atoms. The summed E-state index contributed by atoms with van der Waals surface area (Å²) in [4.78, 5) is 0. The molecular formula is C8H11O3P2+. The van der Waals surface area contributed by atoms with Crippen molar-refractivity contribution < 1.29 is 13.4 Å². The van der Waals surface area contributed by atoms with Gasteiger partial charge in [0.2, 0.25) is 0 Å². The van der Waals surface area contributed by atoms with Gasteiger partial charge in [0.25, 0.3) is 7.37 Å². The predicted molar refractivity (Wildman–Crippen MR) is 54.2 cm³/mol. The average Bonchev–Trinajstić information content (AvgIpc) is 2.04. The first-order valence-corrected chi connectivity index (χ1v) is 7.46. The summed E-state index contributed by atoms with van der Waals surface area (Å²) in [5.74, 6) is 0. The lowest BCUT2D eigenvalue weighted by Gasteiger charge is -2.04. The first-order valence-electron chi connectivity index (χ1n) is 3.76. The van der Waals surface area contributed by atoms with E-state index in [-0.39, 0.29) is 0 Å². The third kappa shape index (κ3) is 3.04. The molecule has 2 unspecified atom stereocenters. The molecule has 13 heavy (non-hydrogen) atoms. The second kappa shape index (κ2) is 4.15. The third-order valence-corrected chi connectivity index (χ3v) is 4.90. The topological polar surface area (TPSA) is 43.4 Å². The van der Waals surface area contributed by atoms with Gasteiger partial charge in [0.1, 0.15) is 0 Å². The van der Waals surface area contributed by atoms with E-state index < -0.39 is 15.4 Å². The Morgan fingerprint density at radius 1 is 1.31 bits per heavy atom. The summed E-state index contributed by atoms with van der Waals surface area (Å²) < 4.78 is 27.5. The summed E-state index contributed by atoms with van der Waals surface area (Å²) in [6, 6.07) is 8.80. The summed E-state index contributed by atoms with van der Waals surface area (Å²) in [6.07, 6.45) is 0. The van der Waals surface area contributed by atoms with Gasteiger partial charge in [0.05, 0.1) is 0 Å². The summed E-state index contributed by atoms with van der Waals surface area (Å²) >= 11 is 0. The lowest BCUT2D eigenvalue weighted by atomic mass is 10.4. The van der Waals surface area contributed by atoms with E-state index >= 15 is 0 Å². The molecule has 2 atom stereocenters. The van der Waals surface area contributed by atoms with Gasteiger partial charge in [-0.1, -0.05) is 22.5 Å². The monoisotopic (exact) mass is 217 g/mol. The number of hydrogen-bond donors (Lipinski definition) is 0. The van der Waals surface area contributed by atoms with Gasteiger partial charge in [-0.05, 0) is 16.7 Å². The standard InChI is InChI=1S/C8H11O3P2/c1-12(9)11-13(2,10)8-6-4-3-5-7-8/h3-7H,1-2H3/q+1. The summed E-state index contributed by atoms with van der Waals surface area (Å²) in [7, 11) is -4.71. The van der Waals surface area contributed by atoms with Crippen LogP contribution in [0.5, 0.6) is 0 Å². The van der Waals surface area contributed by atoms with Crippen LogP contribution in [0.25, 0.3) is 0 Å². The van der Waals surface area contributed by atoms with E-state index in [9.17, 15) is 9.13 Å². The van der Waals surface area contributed by atoms with Crippen LogP contribution in [0.15, 0.2) is 30.3 Å². The zero-order valence-electron chi connectivity index (χ0n) is 7.51. The summed E-state index contributed by atoms with van der Waals surface area (Å²) in [5, 5.41) is 0.597. The van der Waals surface area contributed by atoms with Crippen LogP contribution >= 0.6 is 15.4 Å². The zero-order valence-corrected chi connectivity index (χ0v) is 9.29. The van der Waals surface area contributed by atoms with Crippen molar-refractivity contribution in [2.75, 3.05) is 13.3 Å². The molecule has 0 aliphatic rings. The second-order valence-corrected chi connectivity index (χ2v) is 6.44. The smallest absolute Gasteiger partial charge is 0.283 e. The van der Waals surface area contributed by atoms with Gasteiger partial charge in [-0.15, -0.1) is 0 Å². The lowest BCUT2D eigenvalue weighted by Crippen LogP contribution is -2.02. The lowest BCUT2D eigenvalue weighted by molar-refractivity contribution is 0.487. The Bertz CT molecular complexity index is 348. The maximum absolute atomic E-state index is 11.8. The van der Waals surface area contributed by atoms with Crippen LogP contribution in [0.1, 0.15) is 0 Å². The minimum atomic E-state index is -2.88. The van der Waals surface area contributed by atoms with E-state index in [1.807, 2.05) is 6.07 Å². The van der Waals surface area contributed by atoms with Crippen LogP contribution in [0.3, 0.4) is 0 Å². The van der Waals surface area contributed by atoms with Crippen molar-refractivity contribution in [3.8, 4) is 0 Å². The van der Waals surface area contributed by atoms with Crippen molar-refractivity contribution >= 4 is 20.7 Å². The Labute approximate surface area is 78.4 Å². The van der Waals surface area contributed by atoms with Gasteiger partial charge < -0.3 is 0 Å². The van der Waals surface area contributed by atoms with E-state index in [0.717, 1.165) is 0 Å².